The number of hydrogen-bond acceptors (Lipinski definition) is 3. The Morgan fingerprint density at radius 2 is 1.60 bits per heavy atom. The molecule has 1 aromatic rings. The van der Waals surface area contributed by atoms with Crippen molar-refractivity contribution in [3.8, 4) is 0 Å². The zero-order chi connectivity index (χ0) is 18.2. The van der Waals surface area contributed by atoms with E-state index in [4.69, 9.17) is 0 Å². The van der Waals surface area contributed by atoms with Gasteiger partial charge in [0.25, 0.3) is 0 Å². The quantitative estimate of drug-likeness (QED) is 0.693. The van der Waals surface area contributed by atoms with Gasteiger partial charge in [0.1, 0.15) is 0 Å². The normalized spacial score (nSPS) is 14.2. The summed E-state index contributed by atoms with van der Waals surface area (Å²) in [5.41, 5.74) is 7.67. The number of anilines is 1. The summed E-state index contributed by atoms with van der Waals surface area (Å²) < 4.78 is 0. The molecule has 0 heterocycles. The summed E-state index contributed by atoms with van der Waals surface area (Å²) >= 11 is 0. The fourth-order valence-electron chi connectivity index (χ4n) is 3.12. The van der Waals surface area contributed by atoms with E-state index in [0.717, 1.165) is 29.7 Å². The Kier molecular flexibility index (Phi) is 6.98. The Labute approximate surface area is 148 Å². The molecule has 0 aromatic heterocycles. The number of aryl methyl sites for hydroxylation is 2. The van der Waals surface area contributed by atoms with Gasteiger partial charge in [0.05, 0.1) is 0 Å². The summed E-state index contributed by atoms with van der Waals surface area (Å²) in [6, 6.07) is 5.77. The maximum Gasteiger partial charge on any atom is 0.238 e. The number of hydrogen-bond donors (Lipinski definition) is 3. The van der Waals surface area contributed by atoms with Crippen molar-refractivity contribution in [2.75, 3.05) is 5.32 Å². The molecule has 0 radical (unpaired) electrons. The van der Waals surface area contributed by atoms with Gasteiger partial charge in [0, 0.05) is 24.9 Å². The van der Waals surface area contributed by atoms with E-state index in [0.29, 0.717) is 12.3 Å². The Morgan fingerprint density at radius 1 is 0.960 bits per heavy atom. The number of benzene rings is 1. The molecule has 0 spiro atoms. The highest BCUT2D eigenvalue weighted by atomic mass is 16.2. The largest absolute Gasteiger partial charge is 0.326 e. The van der Waals surface area contributed by atoms with E-state index in [1.807, 2.05) is 32.0 Å². The second kappa shape index (κ2) is 9.20. The molecule has 6 heteroatoms. The second-order valence-corrected chi connectivity index (χ2v) is 6.82. The Hall–Kier alpha value is -2.37. The van der Waals surface area contributed by atoms with Crippen molar-refractivity contribution in [2.45, 2.75) is 58.8 Å². The molecule has 25 heavy (non-hydrogen) atoms. The van der Waals surface area contributed by atoms with Gasteiger partial charge in [-0.3, -0.25) is 25.2 Å². The molecular weight excluding hydrogens is 318 g/mol. The highest BCUT2D eigenvalue weighted by Gasteiger charge is 2.18. The third-order valence-corrected chi connectivity index (χ3v) is 4.53. The van der Waals surface area contributed by atoms with E-state index >= 15 is 0 Å². The zero-order valence-electron chi connectivity index (χ0n) is 15.0. The monoisotopic (exact) mass is 345 g/mol. The van der Waals surface area contributed by atoms with Crippen LogP contribution in [0.1, 0.15) is 56.1 Å². The third-order valence-electron chi connectivity index (χ3n) is 4.53. The predicted molar refractivity (Wildman–Crippen MR) is 96.6 cm³/mol. The van der Waals surface area contributed by atoms with Crippen LogP contribution in [0, 0.1) is 19.8 Å². The van der Waals surface area contributed by atoms with Crippen LogP contribution in [0.15, 0.2) is 18.2 Å². The number of nitrogens with one attached hydrogen (secondary N) is 3. The summed E-state index contributed by atoms with van der Waals surface area (Å²) in [4.78, 5) is 35.4. The first-order chi connectivity index (χ1) is 11.9. The first-order valence-electron chi connectivity index (χ1n) is 8.89. The number of hydrazine groups is 1. The summed E-state index contributed by atoms with van der Waals surface area (Å²) in [6.07, 6.45) is 5.07. The first-order valence-corrected chi connectivity index (χ1v) is 8.89. The molecule has 1 aliphatic carbocycles. The van der Waals surface area contributed by atoms with Crippen molar-refractivity contribution < 1.29 is 14.4 Å². The van der Waals surface area contributed by atoms with Gasteiger partial charge < -0.3 is 5.32 Å². The number of amides is 3. The lowest BCUT2D eigenvalue weighted by atomic mass is 10.0. The van der Waals surface area contributed by atoms with E-state index in [2.05, 4.69) is 16.2 Å². The Morgan fingerprint density at radius 3 is 2.28 bits per heavy atom. The molecule has 3 N–H and O–H groups in total. The van der Waals surface area contributed by atoms with Crippen molar-refractivity contribution in [3.05, 3.63) is 29.3 Å². The molecule has 0 atom stereocenters. The van der Waals surface area contributed by atoms with Gasteiger partial charge in [-0.15, -0.1) is 0 Å². The summed E-state index contributed by atoms with van der Waals surface area (Å²) in [6.45, 7) is 3.92. The molecule has 0 bridgehead atoms. The van der Waals surface area contributed by atoms with Crippen molar-refractivity contribution in [3.63, 3.8) is 0 Å². The van der Waals surface area contributed by atoms with Crippen LogP contribution in [-0.2, 0) is 14.4 Å². The first kappa shape index (κ1) is 19.0. The fourth-order valence-corrected chi connectivity index (χ4v) is 3.12. The number of carbonyl (C=O) groups excluding carboxylic acids is 3. The maximum atomic E-state index is 11.9. The minimum Gasteiger partial charge on any atom is -0.326 e. The van der Waals surface area contributed by atoms with Gasteiger partial charge in [-0.1, -0.05) is 30.5 Å². The Bertz CT molecular complexity index is 637. The minimum absolute atomic E-state index is 0.0282. The van der Waals surface area contributed by atoms with E-state index in [9.17, 15) is 14.4 Å². The summed E-state index contributed by atoms with van der Waals surface area (Å²) in [5, 5.41) is 2.80. The number of carbonyl (C=O) groups is 3. The van der Waals surface area contributed by atoms with Crippen LogP contribution >= 0.6 is 0 Å². The van der Waals surface area contributed by atoms with Crippen LogP contribution in [0.2, 0.25) is 0 Å². The van der Waals surface area contributed by atoms with Gasteiger partial charge in [0.15, 0.2) is 0 Å². The molecule has 0 unspecified atom stereocenters. The predicted octanol–water partition coefficient (Wildman–Crippen LogP) is 2.75. The Balaban J connectivity index is 1.65. The molecule has 1 fully saturated rings. The lowest BCUT2D eigenvalue weighted by Crippen LogP contribution is -2.42. The molecular formula is C19H27N3O3. The van der Waals surface area contributed by atoms with Crippen molar-refractivity contribution >= 4 is 23.4 Å². The van der Waals surface area contributed by atoms with Gasteiger partial charge in [-0.2, -0.15) is 0 Å². The van der Waals surface area contributed by atoms with Crippen LogP contribution in [0.5, 0.6) is 0 Å². The third kappa shape index (κ3) is 6.57. The highest BCUT2D eigenvalue weighted by molar-refractivity contribution is 5.94. The van der Waals surface area contributed by atoms with Crippen LogP contribution < -0.4 is 16.2 Å². The average Bonchev–Trinajstić information content (AvgIpc) is 3.06. The van der Waals surface area contributed by atoms with Crippen molar-refractivity contribution in [1.29, 1.82) is 0 Å². The molecule has 2 rings (SSSR count). The van der Waals surface area contributed by atoms with Crippen molar-refractivity contribution in [2.24, 2.45) is 5.92 Å². The van der Waals surface area contributed by atoms with E-state index in [-0.39, 0.29) is 30.6 Å². The lowest BCUT2D eigenvalue weighted by Gasteiger charge is -2.11. The van der Waals surface area contributed by atoms with Gasteiger partial charge in [-0.25, -0.2) is 0 Å². The number of rotatable bonds is 6. The minimum atomic E-state index is -0.365. The van der Waals surface area contributed by atoms with Crippen molar-refractivity contribution in [1.82, 2.24) is 10.9 Å². The highest BCUT2D eigenvalue weighted by Crippen LogP contribution is 2.27. The van der Waals surface area contributed by atoms with Gasteiger partial charge in [0.2, 0.25) is 17.7 Å². The van der Waals surface area contributed by atoms with Gasteiger partial charge >= 0.3 is 0 Å². The second-order valence-electron chi connectivity index (χ2n) is 6.82. The van der Waals surface area contributed by atoms with Crippen LogP contribution in [0.4, 0.5) is 5.69 Å². The maximum absolute atomic E-state index is 11.9. The molecule has 0 saturated heterocycles. The molecule has 0 aliphatic heterocycles. The van der Waals surface area contributed by atoms with E-state index in [1.165, 1.54) is 12.8 Å². The van der Waals surface area contributed by atoms with E-state index in [1.54, 1.807) is 0 Å². The molecule has 3 amide bonds. The smallest absolute Gasteiger partial charge is 0.238 e. The summed E-state index contributed by atoms with van der Waals surface area (Å²) in [5.74, 6) is -0.324. The van der Waals surface area contributed by atoms with Crippen LogP contribution in [0.25, 0.3) is 0 Å². The van der Waals surface area contributed by atoms with E-state index < -0.39 is 0 Å². The fraction of sp³-hybridized carbons (Fsp3) is 0.526. The molecule has 1 aliphatic rings. The summed E-state index contributed by atoms with van der Waals surface area (Å²) in [7, 11) is 0. The van der Waals surface area contributed by atoms with Crippen LogP contribution in [-0.4, -0.2) is 17.7 Å². The SMILES string of the molecule is Cc1ccc(NC(=O)CCC(=O)NNC(=O)CC2CCCC2)c(C)c1. The average molecular weight is 345 g/mol. The zero-order valence-corrected chi connectivity index (χ0v) is 15.0. The molecule has 136 valence electrons. The molecule has 6 nitrogen and oxygen atoms in total. The standard InChI is InChI=1S/C19H27N3O3/c1-13-7-8-16(14(2)11-13)20-17(23)9-10-18(24)21-22-19(25)12-15-5-3-4-6-15/h7-8,11,15H,3-6,9-10,12H2,1-2H3,(H,20,23)(H,21,24)(H,22,25). The molecule has 1 saturated carbocycles. The molecule has 1 aromatic carbocycles. The van der Waals surface area contributed by atoms with Gasteiger partial charge in [-0.05, 0) is 44.2 Å². The topological polar surface area (TPSA) is 87.3 Å². The van der Waals surface area contributed by atoms with Crippen LogP contribution in [0.3, 0.4) is 0 Å². The lowest BCUT2D eigenvalue weighted by molar-refractivity contribution is -0.130.